The molecule has 4 bridgehead atoms. The lowest BCUT2D eigenvalue weighted by atomic mass is 9.67. The number of carbonyl (C=O) groups is 4. The monoisotopic (exact) mass is 436 g/mol. The first-order chi connectivity index (χ1) is 15.5. The van der Waals surface area contributed by atoms with Crippen molar-refractivity contribution in [1.82, 2.24) is 0 Å². The molecule has 0 spiro atoms. The highest BCUT2D eigenvalue weighted by molar-refractivity contribution is 5.98. The van der Waals surface area contributed by atoms with E-state index >= 15 is 0 Å². The minimum absolute atomic E-state index is 0.0310. The van der Waals surface area contributed by atoms with E-state index in [2.05, 4.69) is 10.6 Å². The summed E-state index contributed by atoms with van der Waals surface area (Å²) in [6.07, 6.45) is 8.44. The summed E-state index contributed by atoms with van der Waals surface area (Å²) in [5.74, 6) is 0.596. The number of rotatable bonds is 4. The zero-order valence-corrected chi connectivity index (χ0v) is 18.5. The van der Waals surface area contributed by atoms with Crippen molar-refractivity contribution in [3.8, 4) is 0 Å². The fourth-order valence-corrected chi connectivity index (χ4v) is 6.55. The largest absolute Gasteiger partial charge is 0.326 e. The fraction of sp³-hybridized carbons (Fsp3) is 0.615. The molecule has 0 radical (unpaired) electrons. The molecule has 4 aliphatic rings. The van der Waals surface area contributed by atoms with E-state index < -0.39 is 0 Å². The smallest absolute Gasteiger partial charge is 0.227 e. The zero-order chi connectivity index (χ0) is 22.2. The molecule has 4 aliphatic carbocycles. The number of hydrogen-bond acceptors (Lipinski definition) is 4. The molecule has 0 saturated heterocycles. The molecule has 4 unspecified atom stereocenters. The molecular weight excluding hydrogens is 404 g/mol. The maximum atomic E-state index is 12.9. The van der Waals surface area contributed by atoms with Gasteiger partial charge in [0, 0.05) is 46.9 Å². The van der Waals surface area contributed by atoms with Gasteiger partial charge in [-0.15, -0.1) is 0 Å². The molecule has 170 valence electrons. The molecule has 32 heavy (non-hydrogen) atoms. The summed E-state index contributed by atoms with van der Waals surface area (Å²) in [7, 11) is 0. The molecule has 5 rings (SSSR count). The standard InChI is InChI=1S/C26H32N2O4/c29-23-15-4-1-5-16(23)11-19(10-15)25(31)27-21-8-3-9-22(14-21)28-26(32)20-12-17-6-2-7-18(13-20)24(17)30/h3,8-9,14-20H,1-2,4-7,10-13H2,(H,27,31)(H,28,32). The topological polar surface area (TPSA) is 92.3 Å². The molecule has 4 atom stereocenters. The van der Waals surface area contributed by atoms with Crippen molar-refractivity contribution in [3.63, 3.8) is 0 Å². The van der Waals surface area contributed by atoms with E-state index in [-0.39, 0.29) is 47.3 Å². The predicted octanol–water partition coefficient (Wildman–Crippen LogP) is 4.35. The van der Waals surface area contributed by atoms with E-state index in [1.54, 1.807) is 6.07 Å². The van der Waals surface area contributed by atoms with Crippen molar-refractivity contribution in [2.75, 3.05) is 10.6 Å². The first kappa shape index (κ1) is 21.4. The Morgan fingerprint density at radius 1 is 0.656 bits per heavy atom. The van der Waals surface area contributed by atoms with Gasteiger partial charge >= 0.3 is 0 Å². The second-order valence-electron chi connectivity index (χ2n) is 10.4. The third-order valence-electron chi connectivity index (χ3n) is 8.24. The average Bonchev–Trinajstić information content (AvgIpc) is 2.73. The van der Waals surface area contributed by atoms with E-state index in [0.717, 1.165) is 38.5 Å². The Bertz CT molecular complexity index is 838. The minimum atomic E-state index is -0.125. The second-order valence-corrected chi connectivity index (χ2v) is 10.4. The third-order valence-corrected chi connectivity index (χ3v) is 8.24. The van der Waals surface area contributed by atoms with Crippen molar-refractivity contribution in [2.45, 2.75) is 64.2 Å². The summed E-state index contributed by atoms with van der Waals surface area (Å²) < 4.78 is 0. The highest BCUT2D eigenvalue weighted by atomic mass is 16.2. The Morgan fingerprint density at radius 3 is 1.41 bits per heavy atom. The molecular formula is C26H32N2O4. The van der Waals surface area contributed by atoms with Gasteiger partial charge in [-0.1, -0.05) is 18.9 Å². The summed E-state index contributed by atoms with van der Waals surface area (Å²) in [6.45, 7) is 0. The Kier molecular flexibility index (Phi) is 5.87. The van der Waals surface area contributed by atoms with Crippen LogP contribution >= 0.6 is 0 Å². The van der Waals surface area contributed by atoms with Crippen molar-refractivity contribution in [3.05, 3.63) is 24.3 Å². The number of fused-ring (bicyclic) bond motifs is 4. The fourth-order valence-electron chi connectivity index (χ4n) is 6.55. The van der Waals surface area contributed by atoms with Crippen LogP contribution in [0.4, 0.5) is 11.4 Å². The number of hydrogen-bond donors (Lipinski definition) is 2. The third kappa shape index (κ3) is 4.24. The van der Waals surface area contributed by atoms with Crippen LogP contribution in [-0.4, -0.2) is 23.4 Å². The van der Waals surface area contributed by atoms with Gasteiger partial charge < -0.3 is 10.6 Å². The first-order valence-electron chi connectivity index (χ1n) is 12.3. The normalized spacial score (nSPS) is 34.0. The average molecular weight is 437 g/mol. The van der Waals surface area contributed by atoms with Crippen LogP contribution < -0.4 is 10.6 Å². The Morgan fingerprint density at radius 2 is 1.03 bits per heavy atom. The van der Waals surface area contributed by atoms with Gasteiger partial charge in [0.25, 0.3) is 0 Å². The molecule has 0 aliphatic heterocycles. The van der Waals surface area contributed by atoms with Crippen LogP contribution in [-0.2, 0) is 19.2 Å². The number of anilines is 2. The highest BCUT2D eigenvalue weighted by Crippen LogP contribution is 2.41. The molecule has 4 saturated carbocycles. The summed E-state index contributed by atoms with van der Waals surface area (Å²) >= 11 is 0. The number of carbonyl (C=O) groups excluding carboxylic acids is 4. The van der Waals surface area contributed by atoms with Gasteiger partial charge in [-0.25, -0.2) is 0 Å². The SMILES string of the molecule is O=C(Nc1cccc(NC(=O)C2CC3CCCC(C2)C3=O)c1)C1CC2CCCC(C1)C2=O. The Balaban J connectivity index is 1.19. The van der Waals surface area contributed by atoms with Gasteiger partial charge in [0.05, 0.1) is 0 Å². The van der Waals surface area contributed by atoms with Gasteiger partial charge in [-0.2, -0.15) is 0 Å². The lowest BCUT2D eigenvalue weighted by molar-refractivity contribution is -0.137. The number of amides is 2. The lowest BCUT2D eigenvalue weighted by Gasteiger charge is -2.37. The minimum Gasteiger partial charge on any atom is -0.326 e. The number of Topliss-reactive ketones (excluding diaryl/α,β-unsaturated/α-hetero) is 2. The van der Waals surface area contributed by atoms with E-state index in [9.17, 15) is 19.2 Å². The van der Waals surface area contributed by atoms with Crippen LogP contribution in [0.15, 0.2) is 24.3 Å². The second kappa shape index (κ2) is 8.80. The van der Waals surface area contributed by atoms with E-state index in [4.69, 9.17) is 0 Å². The molecule has 6 heteroatoms. The van der Waals surface area contributed by atoms with E-state index in [0.29, 0.717) is 48.6 Å². The lowest BCUT2D eigenvalue weighted by Crippen LogP contribution is -2.40. The van der Waals surface area contributed by atoms with Crippen molar-refractivity contribution < 1.29 is 19.2 Å². The number of benzene rings is 1. The summed E-state index contributed by atoms with van der Waals surface area (Å²) in [5.41, 5.74) is 1.32. The van der Waals surface area contributed by atoms with E-state index in [1.165, 1.54) is 0 Å². The summed E-state index contributed by atoms with van der Waals surface area (Å²) in [4.78, 5) is 50.4. The van der Waals surface area contributed by atoms with Crippen molar-refractivity contribution >= 4 is 34.8 Å². The molecule has 6 nitrogen and oxygen atoms in total. The van der Waals surface area contributed by atoms with Crippen LogP contribution in [0.3, 0.4) is 0 Å². The molecule has 0 heterocycles. The maximum Gasteiger partial charge on any atom is 0.227 e. The van der Waals surface area contributed by atoms with E-state index in [1.807, 2.05) is 18.2 Å². The van der Waals surface area contributed by atoms with Crippen molar-refractivity contribution in [1.29, 1.82) is 0 Å². The van der Waals surface area contributed by atoms with Gasteiger partial charge in [0.1, 0.15) is 11.6 Å². The molecule has 4 fully saturated rings. The zero-order valence-electron chi connectivity index (χ0n) is 18.5. The van der Waals surface area contributed by atoms with Crippen LogP contribution in [0.25, 0.3) is 0 Å². The van der Waals surface area contributed by atoms with Crippen molar-refractivity contribution in [2.24, 2.45) is 35.5 Å². The predicted molar refractivity (Wildman–Crippen MR) is 121 cm³/mol. The summed E-state index contributed by atoms with van der Waals surface area (Å²) in [6, 6.07) is 7.26. The molecule has 0 aromatic heterocycles. The quantitative estimate of drug-likeness (QED) is 0.734. The number of ketones is 2. The van der Waals surface area contributed by atoms with Gasteiger partial charge in [0.15, 0.2) is 0 Å². The van der Waals surface area contributed by atoms with Gasteiger partial charge in [0.2, 0.25) is 11.8 Å². The summed E-state index contributed by atoms with van der Waals surface area (Å²) in [5, 5.41) is 6.00. The molecule has 2 N–H and O–H groups in total. The maximum absolute atomic E-state index is 12.9. The van der Waals surface area contributed by atoms with Gasteiger partial charge in [-0.05, 0) is 69.6 Å². The Hall–Kier alpha value is -2.50. The number of nitrogens with one attached hydrogen (secondary N) is 2. The van der Waals surface area contributed by atoms with Crippen LogP contribution in [0.1, 0.15) is 64.2 Å². The Labute approximate surface area is 188 Å². The van der Waals surface area contributed by atoms with Crippen LogP contribution in [0.5, 0.6) is 0 Å². The molecule has 1 aromatic rings. The molecule has 2 amide bonds. The molecule has 1 aromatic carbocycles. The van der Waals surface area contributed by atoms with Gasteiger partial charge in [-0.3, -0.25) is 19.2 Å². The highest BCUT2D eigenvalue weighted by Gasteiger charge is 2.42. The van der Waals surface area contributed by atoms with Crippen LogP contribution in [0.2, 0.25) is 0 Å². The van der Waals surface area contributed by atoms with Crippen LogP contribution in [0, 0.1) is 35.5 Å². The first-order valence-corrected chi connectivity index (χ1v) is 12.3.